The molecule has 0 spiro atoms. The molecule has 0 aliphatic heterocycles. The van der Waals surface area contributed by atoms with Crippen LogP contribution in [0.4, 0.5) is 0 Å². The van der Waals surface area contributed by atoms with Crippen LogP contribution in [0.3, 0.4) is 0 Å². The number of carboxylic acids is 1. The van der Waals surface area contributed by atoms with Crippen LogP contribution in [0.15, 0.2) is 24.3 Å². The lowest BCUT2D eigenvalue weighted by atomic mass is 10.1. The largest absolute Gasteiger partial charge is 0.483 e. The van der Waals surface area contributed by atoms with Gasteiger partial charge in [-0.15, -0.1) is 0 Å². The molecule has 0 saturated carbocycles. The second kappa shape index (κ2) is 9.00. The summed E-state index contributed by atoms with van der Waals surface area (Å²) in [6.45, 7) is 5.42. The van der Waals surface area contributed by atoms with Crippen LogP contribution in [-0.2, 0) is 16.0 Å². The summed E-state index contributed by atoms with van der Waals surface area (Å²) >= 11 is 0. The highest BCUT2D eigenvalue weighted by Gasteiger charge is 2.14. The maximum atomic E-state index is 12.1. The van der Waals surface area contributed by atoms with Crippen molar-refractivity contribution in [2.75, 3.05) is 19.7 Å². The van der Waals surface area contributed by atoms with Crippen molar-refractivity contribution in [2.45, 2.75) is 33.1 Å². The Kier molecular flexibility index (Phi) is 7.29. The number of aliphatic carboxylic acids is 1. The van der Waals surface area contributed by atoms with E-state index in [9.17, 15) is 9.59 Å². The summed E-state index contributed by atoms with van der Waals surface area (Å²) in [6.07, 6.45) is 1.70. The predicted molar refractivity (Wildman–Crippen MR) is 80.4 cm³/mol. The molecule has 0 aliphatic rings. The molecule has 0 saturated heterocycles. The summed E-state index contributed by atoms with van der Waals surface area (Å²) in [4.78, 5) is 24.7. The number of hydrogen-bond donors (Lipinski definition) is 1. The number of amides is 1. The molecule has 5 heteroatoms. The van der Waals surface area contributed by atoms with Gasteiger partial charge in [0.25, 0.3) is 5.91 Å². The molecule has 116 valence electrons. The van der Waals surface area contributed by atoms with Crippen LogP contribution >= 0.6 is 0 Å². The van der Waals surface area contributed by atoms with Gasteiger partial charge in [0, 0.05) is 18.7 Å². The van der Waals surface area contributed by atoms with Crippen molar-refractivity contribution in [1.82, 2.24) is 4.90 Å². The summed E-state index contributed by atoms with van der Waals surface area (Å²) in [5.41, 5.74) is 0.579. The van der Waals surface area contributed by atoms with Crippen molar-refractivity contribution in [3.05, 3.63) is 29.8 Å². The number of hydrogen-bond acceptors (Lipinski definition) is 3. The van der Waals surface area contributed by atoms with E-state index in [1.807, 2.05) is 13.8 Å². The SMILES string of the molecule is CCCN(CCC)C(=O)COc1ccccc1CC(=O)O. The zero-order valence-electron chi connectivity index (χ0n) is 12.7. The molecule has 0 radical (unpaired) electrons. The molecule has 1 aromatic rings. The molecule has 0 aliphatic carbocycles. The van der Waals surface area contributed by atoms with Gasteiger partial charge >= 0.3 is 5.97 Å². The van der Waals surface area contributed by atoms with Crippen molar-refractivity contribution < 1.29 is 19.4 Å². The average molecular weight is 293 g/mol. The number of nitrogens with zero attached hydrogens (tertiary/aromatic N) is 1. The van der Waals surface area contributed by atoms with E-state index in [0.29, 0.717) is 24.4 Å². The van der Waals surface area contributed by atoms with Crippen molar-refractivity contribution in [2.24, 2.45) is 0 Å². The third kappa shape index (κ3) is 5.85. The molecule has 1 amide bonds. The number of rotatable bonds is 9. The van der Waals surface area contributed by atoms with Crippen molar-refractivity contribution in [1.29, 1.82) is 0 Å². The Balaban J connectivity index is 2.65. The summed E-state index contributed by atoms with van der Waals surface area (Å²) in [6, 6.07) is 6.91. The number of para-hydroxylation sites is 1. The molecule has 0 aromatic heterocycles. The van der Waals surface area contributed by atoms with Gasteiger partial charge in [-0.05, 0) is 18.9 Å². The summed E-state index contributed by atoms with van der Waals surface area (Å²) < 4.78 is 5.52. The number of carbonyl (C=O) groups is 2. The van der Waals surface area contributed by atoms with E-state index in [4.69, 9.17) is 9.84 Å². The van der Waals surface area contributed by atoms with Crippen molar-refractivity contribution in [3.8, 4) is 5.75 Å². The zero-order chi connectivity index (χ0) is 15.7. The van der Waals surface area contributed by atoms with Crippen molar-refractivity contribution >= 4 is 11.9 Å². The van der Waals surface area contributed by atoms with Gasteiger partial charge in [0.05, 0.1) is 6.42 Å². The molecule has 1 aromatic carbocycles. The van der Waals surface area contributed by atoms with E-state index in [1.165, 1.54) is 0 Å². The Morgan fingerprint density at radius 2 is 1.76 bits per heavy atom. The quantitative estimate of drug-likeness (QED) is 0.759. The molecule has 21 heavy (non-hydrogen) atoms. The Morgan fingerprint density at radius 1 is 1.14 bits per heavy atom. The van der Waals surface area contributed by atoms with Crippen LogP contribution in [0.2, 0.25) is 0 Å². The van der Waals surface area contributed by atoms with E-state index >= 15 is 0 Å². The first-order chi connectivity index (χ1) is 10.1. The first kappa shape index (κ1) is 17.0. The van der Waals surface area contributed by atoms with E-state index in [0.717, 1.165) is 12.8 Å². The number of benzene rings is 1. The van der Waals surface area contributed by atoms with Gasteiger partial charge in [0.2, 0.25) is 0 Å². The van der Waals surface area contributed by atoms with Gasteiger partial charge in [0.1, 0.15) is 5.75 Å². The molecule has 0 unspecified atom stereocenters. The Bertz CT molecular complexity index is 467. The topological polar surface area (TPSA) is 66.8 Å². The first-order valence-corrected chi connectivity index (χ1v) is 7.28. The van der Waals surface area contributed by atoms with Crippen LogP contribution in [0, 0.1) is 0 Å². The monoisotopic (exact) mass is 293 g/mol. The molecule has 0 bridgehead atoms. The average Bonchev–Trinajstić information content (AvgIpc) is 2.45. The fraction of sp³-hybridized carbons (Fsp3) is 0.500. The predicted octanol–water partition coefficient (Wildman–Crippen LogP) is 2.34. The third-order valence-corrected chi connectivity index (χ3v) is 3.01. The van der Waals surface area contributed by atoms with Crippen LogP contribution in [-0.4, -0.2) is 41.6 Å². The lowest BCUT2D eigenvalue weighted by Crippen LogP contribution is -2.36. The number of carboxylic acid groups (broad SMARTS) is 1. The second-order valence-corrected chi connectivity index (χ2v) is 4.85. The molecule has 5 nitrogen and oxygen atoms in total. The molecule has 1 rings (SSSR count). The fourth-order valence-electron chi connectivity index (χ4n) is 2.09. The van der Waals surface area contributed by atoms with E-state index in [2.05, 4.69) is 0 Å². The standard InChI is InChI=1S/C16H23NO4/c1-3-9-17(10-4-2)15(18)12-21-14-8-6-5-7-13(14)11-16(19)20/h5-8H,3-4,9-12H2,1-2H3,(H,19,20). The van der Waals surface area contributed by atoms with Gasteiger partial charge < -0.3 is 14.7 Å². The smallest absolute Gasteiger partial charge is 0.307 e. The second-order valence-electron chi connectivity index (χ2n) is 4.85. The van der Waals surface area contributed by atoms with E-state index in [-0.39, 0.29) is 18.9 Å². The minimum Gasteiger partial charge on any atom is -0.483 e. The molecule has 0 heterocycles. The minimum atomic E-state index is -0.920. The third-order valence-electron chi connectivity index (χ3n) is 3.01. The molecular weight excluding hydrogens is 270 g/mol. The highest BCUT2D eigenvalue weighted by atomic mass is 16.5. The Hall–Kier alpha value is -2.04. The first-order valence-electron chi connectivity index (χ1n) is 7.28. The summed E-state index contributed by atoms with van der Waals surface area (Å²) in [5, 5.41) is 8.87. The molecule has 0 atom stereocenters. The van der Waals surface area contributed by atoms with E-state index in [1.54, 1.807) is 29.2 Å². The fourth-order valence-corrected chi connectivity index (χ4v) is 2.09. The van der Waals surface area contributed by atoms with E-state index < -0.39 is 5.97 Å². The Morgan fingerprint density at radius 3 is 2.33 bits per heavy atom. The highest BCUT2D eigenvalue weighted by molar-refractivity contribution is 5.78. The van der Waals surface area contributed by atoms with Gasteiger partial charge in [-0.1, -0.05) is 32.0 Å². The Labute approximate surface area is 125 Å². The number of ether oxygens (including phenoxy) is 1. The van der Waals surface area contributed by atoms with Crippen LogP contribution in [0.1, 0.15) is 32.3 Å². The summed E-state index contributed by atoms with van der Waals surface area (Å²) in [7, 11) is 0. The van der Waals surface area contributed by atoms with Crippen molar-refractivity contribution in [3.63, 3.8) is 0 Å². The lowest BCUT2D eigenvalue weighted by molar-refractivity contribution is -0.136. The zero-order valence-corrected chi connectivity index (χ0v) is 12.7. The van der Waals surface area contributed by atoms with Crippen LogP contribution in [0.25, 0.3) is 0 Å². The van der Waals surface area contributed by atoms with Crippen LogP contribution in [0.5, 0.6) is 5.75 Å². The van der Waals surface area contributed by atoms with Gasteiger partial charge in [-0.2, -0.15) is 0 Å². The normalized spacial score (nSPS) is 10.2. The maximum absolute atomic E-state index is 12.1. The molecular formula is C16H23NO4. The maximum Gasteiger partial charge on any atom is 0.307 e. The highest BCUT2D eigenvalue weighted by Crippen LogP contribution is 2.18. The molecule has 0 fully saturated rings. The van der Waals surface area contributed by atoms with Gasteiger partial charge in [0.15, 0.2) is 6.61 Å². The van der Waals surface area contributed by atoms with Gasteiger partial charge in [-0.3, -0.25) is 9.59 Å². The minimum absolute atomic E-state index is 0.0589. The summed E-state index contributed by atoms with van der Waals surface area (Å²) in [5.74, 6) is -0.527. The number of carbonyl (C=O) groups excluding carboxylic acids is 1. The van der Waals surface area contributed by atoms with Gasteiger partial charge in [-0.25, -0.2) is 0 Å². The lowest BCUT2D eigenvalue weighted by Gasteiger charge is -2.21. The van der Waals surface area contributed by atoms with Crippen LogP contribution < -0.4 is 4.74 Å². The molecule has 1 N–H and O–H groups in total.